The molecule has 0 aliphatic carbocycles. The fraction of sp³-hybridized carbons (Fsp3) is 0.292. The predicted octanol–water partition coefficient (Wildman–Crippen LogP) is 6.35. The lowest BCUT2D eigenvalue weighted by Gasteiger charge is -2.25. The summed E-state index contributed by atoms with van der Waals surface area (Å²) in [6.45, 7) is 7.16. The van der Waals surface area contributed by atoms with Crippen LogP contribution in [0.3, 0.4) is 0 Å². The van der Waals surface area contributed by atoms with E-state index in [4.69, 9.17) is 23.2 Å². The maximum atomic E-state index is 13.3. The van der Waals surface area contributed by atoms with E-state index >= 15 is 0 Å². The van der Waals surface area contributed by atoms with E-state index < -0.39 is 0 Å². The molecule has 166 valence electrons. The quantitative estimate of drug-likeness (QED) is 0.288. The first-order valence-electron chi connectivity index (χ1n) is 10.5. The van der Waals surface area contributed by atoms with Gasteiger partial charge in [0, 0.05) is 24.4 Å². The van der Waals surface area contributed by atoms with Crippen molar-refractivity contribution in [3.05, 3.63) is 87.7 Å². The first-order valence-corrected chi connectivity index (χ1v) is 12.2. The Morgan fingerprint density at radius 1 is 1.22 bits per heavy atom. The zero-order valence-corrected chi connectivity index (χ0v) is 20.1. The maximum absolute atomic E-state index is 13.3. The number of carbonyl (C=O) groups excluding carboxylic acids is 1. The Hall–Kier alpha value is -2.28. The monoisotopic (exact) mass is 486 g/mol. The summed E-state index contributed by atoms with van der Waals surface area (Å²) >= 11 is 13.8. The Labute approximate surface area is 202 Å². The Morgan fingerprint density at radius 3 is 2.78 bits per heavy atom. The summed E-state index contributed by atoms with van der Waals surface area (Å²) in [6.07, 6.45) is 3.64. The predicted molar refractivity (Wildman–Crippen MR) is 130 cm³/mol. The number of rotatable bonds is 7. The molecule has 0 saturated carbocycles. The summed E-state index contributed by atoms with van der Waals surface area (Å²) < 4.78 is 2.06. The average molecular weight is 487 g/mol. The van der Waals surface area contributed by atoms with Gasteiger partial charge in [0.05, 0.1) is 16.1 Å². The summed E-state index contributed by atoms with van der Waals surface area (Å²) in [7, 11) is 0. The van der Waals surface area contributed by atoms with Gasteiger partial charge in [0.1, 0.15) is 0 Å². The van der Waals surface area contributed by atoms with E-state index in [9.17, 15) is 4.79 Å². The van der Waals surface area contributed by atoms with Crippen LogP contribution in [0.15, 0.2) is 60.3 Å². The lowest BCUT2D eigenvalue weighted by molar-refractivity contribution is 0.0726. The number of aryl methyl sites for hydroxylation is 1. The minimum atomic E-state index is -0.103. The molecule has 8 heteroatoms. The molecule has 0 bridgehead atoms. The van der Waals surface area contributed by atoms with Crippen LogP contribution in [0.25, 0.3) is 0 Å². The number of allylic oxidation sites excluding steroid dienone is 1. The lowest BCUT2D eigenvalue weighted by atomic mass is 10.1. The fourth-order valence-electron chi connectivity index (χ4n) is 3.98. The SMILES string of the molecule is C=CCn1c(SCc2ccc(Cl)c(Cl)c2)nnc1C1CCCN1C(=O)c1ccccc1C. The molecular formula is C24H24Cl2N4OS. The molecule has 0 radical (unpaired) electrons. The van der Waals surface area contributed by atoms with Gasteiger partial charge in [-0.3, -0.25) is 4.79 Å². The second kappa shape index (κ2) is 10.1. The summed E-state index contributed by atoms with van der Waals surface area (Å²) in [5.74, 6) is 1.53. The Bertz CT molecular complexity index is 1150. The van der Waals surface area contributed by atoms with Gasteiger partial charge in [0.25, 0.3) is 5.91 Å². The molecule has 3 aromatic rings. The second-order valence-corrected chi connectivity index (χ2v) is 9.51. The van der Waals surface area contributed by atoms with E-state index in [1.54, 1.807) is 17.8 Å². The third-order valence-electron chi connectivity index (χ3n) is 5.60. The summed E-state index contributed by atoms with van der Waals surface area (Å²) in [5.41, 5.74) is 2.77. The number of carbonyl (C=O) groups is 1. The molecule has 0 spiro atoms. The van der Waals surface area contributed by atoms with Gasteiger partial charge >= 0.3 is 0 Å². The van der Waals surface area contributed by atoms with Crippen molar-refractivity contribution >= 4 is 40.9 Å². The van der Waals surface area contributed by atoms with Gasteiger partial charge in [-0.25, -0.2) is 0 Å². The van der Waals surface area contributed by atoms with Crippen molar-refractivity contribution in [2.45, 2.75) is 43.3 Å². The van der Waals surface area contributed by atoms with E-state index in [1.807, 2.05) is 54.3 Å². The Kier molecular flexibility index (Phi) is 7.23. The van der Waals surface area contributed by atoms with Gasteiger partial charge in [0.2, 0.25) is 0 Å². The summed E-state index contributed by atoms with van der Waals surface area (Å²) in [5, 5.41) is 10.8. The number of amides is 1. The normalized spacial score (nSPS) is 15.8. The smallest absolute Gasteiger partial charge is 0.254 e. The van der Waals surface area contributed by atoms with Gasteiger partial charge in [-0.1, -0.05) is 65.3 Å². The van der Waals surface area contributed by atoms with E-state index in [0.717, 1.165) is 40.5 Å². The molecule has 1 aromatic heterocycles. The van der Waals surface area contributed by atoms with Crippen molar-refractivity contribution in [2.24, 2.45) is 0 Å². The van der Waals surface area contributed by atoms with Crippen LogP contribution in [0.2, 0.25) is 10.0 Å². The summed E-state index contributed by atoms with van der Waals surface area (Å²) in [4.78, 5) is 15.2. The van der Waals surface area contributed by atoms with Gasteiger partial charge in [0.15, 0.2) is 11.0 Å². The van der Waals surface area contributed by atoms with Crippen LogP contribution < -0.4 is 0 Å². The average Bonchev–Trinajstić information content (AvgIpc) is 3.42. The molecule has 1 unspecified atom stereocenters. The zero-order valence-electron chi connectivity index (χ0n) is 17.8. The molecule has 1 saturated heterocycles. The van der Waals surface area contributed by atoms with Crippen LogP contribution in [0.5, 0.6) is 0 Å². The standard InChI is InChI=1S/C24H24Cl2N4OS/c1-3-12-30-22(27-28-24(30)32-15-17-10-11-19(25)20(26)14-17)21-9-6-13-29(21)23(31)18-8-5-4-7-16(18)2/h3-5,7-8,10-11,14,21H,1,6,9,12-13,15H2,2H3. The molecule has 2 aromatic carbocycles. The molecule has 1 aliphatic rings. The number of hydrogen-bond acceptors (Lipinski definition) is 4. The topological polar surface area (TPSA) is 51.0 Å². The number of hydrogen-bond donors (Lipinski definition) is 0. The van der Waals surface area contributed by atoms with E-state index in [1.165, 1.54) is 0 Å². The first kappa shape index (κ1) is 22.9. The highest BCUT2D eigenvalue weighted by atomic mass is 35.5. The van der Waals surface area contributed by atoms with Crippen molar-refractivity contribution in [1.82, 2.24) is 19.7 Å². The number of benzene rings is 2. The fourth-order valence-corrected chi connectivity index (χ4v) is 5.20. The molecule has 4 rings (SSSR count). The van der Waals surface area contributed by atoms with Gasteiger partial charge in [-0.15, -0.1) is 16.8 Å². The largest absolute Gasteiger partial charge is 0.328 e. The number of nitrogens with zero attached hydrogens (tertiary/aromatic N) is 4. The van der Waals surface area contributed by atoms with Crippen LogP contribution in [0.4, 0.5) is 0 Å². The van der Waals surface area contributed by atoms with Crippen molar-refractivity contribution in [1.29, 1.82) is 0 Å². The number of likely N-dealkylation sites (tertiary alicyclic amines) is 1. The number of aromatic nitrogens is 3. The molecule has 1 atom stereocenters. The third-order valence-corrected chi connectivity index (χ3v) is 7.37. The van der Waals surface area contributed by atoms with Crippen molar-refractivity contribution in [3.8, 4) is 0 Å². The minimum Gasteiger partial charge on any atom is -0.328 e. The van der Waals surface area contributed by atoms with Crippen LogP contribution in [0.1, 0.15) is 46.2 Å². The molecule has 2 heterocycles. The molecule has 1 amide bonds. The van der Waals surface area contributed by atoms with Gasteiger partial charge in [-0.2, -0.15) is 0 Å². The van der Waals surface area contributed by atoms with Gasteiger partial charge < -0.3 is 9.47 Å². The highest BCUT2D eigenvalue weighted by Crippen LogP contribution is 2.35. The van der Waals surface area contributed by atoms with Crippen LogP contribution in [-0.4, -0.2) is 32.1 Å². The Morgan fingerprint density at radius 2 is 2.03 bits per heavy atom. The molecule has 1 aliphatic heterocycles. The van der Waals surface area contributed by atoms with E-state index in [-0.39, 0.29) is 11.9 Å². The van der Waals surface area contributed by atoms with Gasteiger partial charge in [-0.05, 0) is 49.1 Å². The molecular weight excluding hydrogens is 463 g/mol. The van der Waals surface area contributed by atoms with Crippen molar-refractivity contribution in [2.75, 3.05) is 6.54 Å². The van der Waals surface area contributed by atoms with E-state index in [0.29, 0.717) is 28.9 Å². The van der Waals surface area contributed by atoms with Crippen LogP contribution in [-0.2, 0) is 12.3 Å². The maximum Gasteiger partial charge on any atom is 0.254 e. The van der Waals surface area contributed by atoms with Crippen LogP contribution in [0, 0.1) is 6.92 Å². The van der Waals surface area contributed by atoms with Crippen LogP contribution >= 0.6 is 35.0 Å². The highest BCUT2D eigenvalue weighted by molar-refractivity contribution is 7.98. The lowest BCUT2D eigenvalue weighted by Crippen LogP contribution is -2.32. The van der Waals surface area contributed by atoms with Crippen molar-refractivity contribution in [3.63, 3.8) is 0 Å². The molecule has 1 fully saturated rings. The first-order chi connectivity index (χ1) is 15.5. The number of thioether (sulfide) groups is 1. The molecule has 0 N–H and O–H groups in total. The molecule has 5 nitrogen and oxygen atoms in total. The zero-order chi connectivity index (χ0) is 22.7. The summed E-state index contributed by atoms with van der Waals surface area (Å²) in [6, 6.07) is 13.2. The second-order valence-electron chi connectivity index (χ2n) is 7.75. The minimum absolute atomic E-state index is 0.0452. The van der Waals surface area contributed by atoms with E-state index in [2.05, 4.69) is 21.3 Å². The van der Waals surface area contributed by atoms with Crippen molar-refractivity contribution < 1.29 is 4.79 Å². The number of halogens is 2. The Balaban J connectivity index is 1.58. The highest BCUT2D eigenvalue weighted by Gasteiger charge is 2.35. The molecule has 32 heavy (non-hydrogen) atoms. The third kappa shape index (κ3) is 4.72.